The summed E-state index contributed by atoms with van der Waals surface area (Å²) in [6, 6.07) is 0.505. The first-order valence-electron chi connectivity index (χ1n) is 6.32. The van der Waals surface area contributed by atoms with Gasteiger partial charge in [-0.15, -0.1) is 11.3 Å². The Balaban J connectivity index is 1.84. The molecule has 0 aliphatic carbocycles. The van der Waals surface area contributed by atoms with E-state index in [1.165, 1.54) is 10.7 Å². The third-order valence-corrected chi connectivity index (χ3v) is 3.93. The van der Waals surface area contributed by atoms with Crippen molar-refractivity contribution in [2.75, 3.05) is 19.8 Å². The minimum atomic E-state index is 0.168. The molecule has 4 heteroatoms. The van der Waals surface area contributed by atoms with Gasteiger partial charge in [-0.1, -0.05) is 20.8 Å². The first kappa shape index (κ1) is 13.0. The van der Waals surface area contributed by atoms with Crippen LogP contribution in [0.15, 0.2) is 5.38 Å². The highest BCUT2D eigenvalue weighted by Gasteiger charge is 2.18. The molecule has 0 amide bonds. The highest BCUT2D eigenvalue weighted by molar-refractivity contribution is 7.09. The molecular weight excluding hydrogens is 232 g/mol. The van der Waals surface area contributed by atoms with Gasteiger partial charge >= 0.3 is 0 Å². The van der Waals surface area contributed by atoms with Crippen LogP contribution < -0.4 is 5.32 Å². The number of ether oxygens (including phenoxy) is 1. The van der Waals surface area contributed by atoms with Crippen LogP contribution in [0, 0.1) is 0 Å². The first-order chi connectivity index (χ1) is 8.05. The smallest absolute Gasteiger partial charge is 0.0929 e. The summed E-state index contributed by atoms with van der Waals surface area (Å²) in [7, 11) is 0. The predicted molar refractivity (Wildman–Crippen MR) is 71.7 cm³/mol. The van der Waals surface area contributed by atoms with E-state index in [4.69, 9.17) is 9.72 Å². The number of aromatic nitrogens is 1. The quantitative estimate of drug-likeness (QED) is 0.899. The Labute approximate surface area is 108 Å². The van der Waals surface area contributed by atoms with Gasteiger partial charge in [-0.25, -0.2) is 4.98 Å². The zero-order valence-corrected chi connectivity index (χ0v) is 11.8. The van der Waals surface area contributed by atoms with Crippen LogP contribution in [0.2, 0.25) is 0 Å². The Hall–Kier alpha value is -0.450. The largest absolute Gasteiger partial charge is 0.379 e. The number of nitrogens with zero attached hydrogens (tertiary/aromatic N) is 1. The minimum Gasteiger partial charge on any atom is -0.379 e. The molecule has 1 atom stereocenters. The predicted octanol–water partition coefficient (Wildman–Crippen LogP) is 2.36. The number of thiazole rings is 1. The second kappa shape index (κ2) is 5.46. The average molecular weight is 254 g/mol. The van der Waals surface area contributed by atoms with Crippen LogP contribution in [0.3, 0.4) is 0 Å². The van der Waals surface area contributed by atoms with Crippen molar-refractivity contribution >= 4 is 11.3 Å². The Bertz CT molecular complexity index is 351. The molecule has 1 unspecified atom stereocenters. The molecule has 1 aliphatic heterocycles. The van der Waals surface area contributed by atoms with Crippen LogP contribution >= 0.6 is 11.3 Å². The minimum absolute atomic E-state index is 0.168. The van der Waals surface area contributed by atoms with Gasteiger partial charge in [0.25, 0.3) is 0 Å². The summed E-state index contributed by atoms with van der Waals surface area (Å²) in [5, 5.41) is 6.92. The molecule has 1 aromatic rings. The van der Waals surface area contributed by atoms with Gasteiger partial charge in [-0.05, 0) is 6.42 Å². The average Bonchev–Trinajstić information content (AvgIpc) is 2.76. The van der Waals surface area contributed by atoms with Gasteiger partial charge in [0.2, 0.25) is 0 Å². The second-order valence-electron chi connectivity index (χ2n) is 5.64. The van der Waals surface area contributed by atoms with Crippen molar-refractivity contribution in [3.63, 3.8) is 0 Å². The molecule has 96 valence electrons. The van der Waals surface area contributed by atoms with E-state index >= 15 is 0 Å². The summed E-state index contributed by atoms with van der Waals surface area (Å²) in [6.07, 6.45) is 2.18. The number of rotatable bonds is 3. The van der Waals surface area contributed by atoms with Crippen molar-refractivity contribution < 1.29 is 4.74 Å². The molecule has 0 aromatic carbocycles. The Kier molecular flexibility index (Phi) is 4.17. The molecular formula is C13H22N2OS. The van der Waals surface area contributed by atoms with Crippen LogP contribution in [-0.2, 0) is 16.6 Å². The van der Waals surface area contributed by atoms with Crippen molar-refractivity contribution in [1.29, 1.82) is 0 Å². The number of morpholine rings is 1. The molecule has 1 aromatic heterocycles. The number of hydrogen-bond acceptors (Lipinski definition) is 4. The molecule has 1 fully saturated rings. The highest BCUT2D eigenvalue weighted by atomic mass is 32.1. The van der Waals surface area contributed by atoms with Crippen LogP contribution in [0.4, 0.5) is 0 Å². The van der Waals surface area contributed by atoms with Crippen molar-refractivity contribution in [1.82, 2.24) is 10.3 Å². The number of nitrogens with one attached hydrogen (secondary N) is 1. The lowest BCUT2D eigenvalue weighted by Gasteiger charge is -2.23. The molecule has 0 saturated carbocycles. The summed E-state index contributed by atoms with van der Waals surface area (Å²) < 4.78 is 5.45. The first-order valence-corrected chi connectivity index (χ1v) is 7.19. The molecule has 3 nitrogen and oxygen atoms in total. The van der Waals surface area contributed by atoms with E-state index in [9.17, 15) is 0 Å². The zero-order chi connectivity index (χ0) is 12.3. The van der Waals surface area contributed by atoms with Gasteiger partial charge in [0.05, 0.1) is 23.9 Å². The maximum atomic E-state index is 5.45. The maximum Gasteiger partial charge on any atom is 0.0929 e. The lowest BCUT2D eigenvalue weighted by molar-refractivity contribution is 0.0743. The molecule has 2 rings (SSSR count). The Morgan fingerprint density at radius 1 is 1.53 bits per heavy atom. The SMILES string of the molecule is CC(C)(C)c1csc(CCC2COCCN2)n1. The fourth-order valence-corrected chi connectivity index (χ4v) is 2.91. The molecule has 17 heavy (non-hydrogen) atoms. The van der Waals surface area contributed by atoms with Crippen molar-refractivity contribution in [2.24, 2.45) is 0 Å². The number of aryl methyl sites for hydroxylation is 1. The number of hydrogen-bond donors (Lipinski definition) is 1. The molecule has 1 saturated heterocycles. The summed E-state index contributed by atoms with van der Waals surface area (Å²) in [4.78, 5) is 4.72. The molecule has 0 spiro atoms. The topological polar surface area (TPSA) is 34.1 Å². The van der Waals surface area contributed by atoms with E-state index in [2.05, 4.69) is 31.5 Å². The fourth-order valence-electron chi connectivity index (χ4n) is 1.87. The van der Waals surface area contributed by atoms with E-state index in [-0.39, 0.29) is 5.41 Å². The van der Waals surface area contributed by atoms with E-state index in [0.29, 0.717) is 6.04 Å². The third-order valence-electron chi connectivity index (χ3n) is 3.03. The summed E-state index contributed by atoms with van der Waals surface area (Å²) in [5.74, 6) is 0. The fraction of sp³-hybridized carbons (Fsp3) is 0.769. The second-order valence-corrected chi connectivity index (χ2v) is 6.58. The molecule has 0 radical (unpaired) electrons. The zero-order valence-electron chi connectivity index (χ0n) is 11.0. The highest BCUT2D eigenvalue weighted by Crippen LogP contribution is 2.24. The maximum absolute atomic E-state index is 5.45. The van der Waals surface area contributed by atoms with Crippen LogP contribution in [-0.4, -0.2) is 30.8 Å². The molecule has 2 heterocycles. The van der Waals surface area contributed by atoms with Gasteiger partial charge in [0.15, 0.2) is 0 Å². The monoisotopic (exact) mass is 254 g/mol. The normalized spacial score (nSPS) is 21.7. The van der Waals surface area contributed by atoms with E-state index in [1.54, 1.807) is 11.3 Å². The standard InChI is InChI=1S/C13H22N2OS/c1-13(2,3)11-9-17-12(15-11)5-4-10-8-16-7-6-14-10/h9-10,14H,4-8H2,1-3H3. The summed E-state index contributed by atoms with van der Waals surface area (Å²) >= 11 is 1.79. The van der Waals surface area contributed by atoms with E-state index in [1.807, 2.05) is 0 Å². The van der Waals surface area contributed by atoms with Gasteiger partial charge in [0.1, 0.15) is 0 Å². The van der Waals surface area contributed by atoms with E-state index in [0.717, 1.165) is 32.6 Å². The van der Waals surface area contributed by atoms with Crippen molar-refractivity contribution in [3.8, 4) is 0 Å². The van der Waals surface area contributed by atoms with Crippen LogP contribution in [0.1, 0.15) is 37.9 Å². The lowest BCUT2D eigenvalue weighted by Crippen LogP contribution is -2.41. The molecule has 1 aliphatic rings. The van der Waals surface area contributed by atoms with Gasteiger partial charge in [-0.3, -0.25) is 0 Å². The van der Waals surface area contributed by atoms with Crippen molar-refractivity contribution in [3.05, 3.63) is 16.1 Å². The van der Waals surface area contributed by atoms with Crippen molar-refractivity contribution in [2.45, 2.75) is 45.1 Å². The molecule has 1 N–H and O–H groups in total. The van der Waals surface area contributed by atoms with Gasteiger partial charge < -0.3 is 10.1 Å². The lowest BCUT2D eigenvalue weighted by atomic mass is 9.93. The Morgan fingerprint density at radius 3 is 2.94 bits per heavy atom. The van der Waals surface area contributed by atoms with E-state index < -0.39 is 0 Å². The van der Waals surface area contributed by atoms with Crippen LogP contribution in [0.5, 0.6) is 0 Å². The molecule has 0 bridgehead atoms. The van der Waals surface area contributed by atoms with Gasteiger partial charge in [0, 0.05) is 29.8 Å². The Morgan fingerprint density at radius 2 is 2.35 bits per heavy atom. The van der Waals surface area contributed by atoms with Gasteiger partial charge in [-0.2, -0.15) is 0 Å². The summed E-state index contributed by atoms with van der Waals surface area (Å²) in [6.45, 7) is 9.31. The summed E-state index contributed by atoms with van der Waals surface area (Å²) in [5.41, 5.74) is 1.38. The third kappa shape index (κ3) is 3.76. The van der Waals surface area contributed by atoms with Crippen LogP contribution in [0.25, 0.3) is 0 Å².